The summed E-state index contributed by atoms with van der Waals surface area (Å²) in [6.07, 6.45) is 0. The molecule has 5 heteroatoms. The van der Waals surface area contributed by atoms with Crippen molar-refractivity contribution in [2.75, 3.05) is 5.32 Å². The van der Waals surface area contributed by atoms with Gasteiger partial charge in [0.1, 0.15) is 5.75 Å². The second-order valence-corrected chi connectivity index (χ2v) is 5.84. The smallest absolute Gasteiger partial charge is 0.330 e. The number of aliphatic carboxylic acids is 1. The van der Waals surface area contributed by atoms with Gasteiger partial charge in [0.15, 0.2) is 6.04 Å². The van der Waals surface area contributed by atoms with E-state index in [9.17, 15) is 15.0 Å². The number of aromatic hydroxyl groups is 1. The van der Waals surface area contributed by atoms with Crippen LogP contribution in [0.1, 0.15) is 22.7 Å². The quantitative estimate of drug-likeness (QED) is 0.779. The van der Waals surface area contributed by atoms with Crippen molar-refractivity contribution in [1.82, 2.24) is 0 Å². The number of carboxylic acids is 1. The summed E-state index contributed by atoms with van der Waals surface area (Å²) in [4.78, 5) is 11.5. The summed E-state index contributed by atoms with van der Waals surface area (Å²) in [7, 11) is 0. The molecule has 0 heterocycles. The first kappa shape index (κ1) is 15.4. The zero-order valence-electron chi connectivity index (χ0n) is 11.7. The van der Waals surface area contributed by atoms with Crippen LogP contribution in [0.2, 0.25) is 0 Å². The van der Waals surface area contributed by atoms with E-state index in [-0.39, 0.29) is 5.75 Å². The summed E-state index contributed by atoms with van der Waals surface area (Å²) in [6.45, 7) is 3.51. The first-order valence-electron chi connectivity index (χ1n) is 6.43. The summed E-state index contributed by atoms with van der Waals surface area (Å²) in [6, 6.07) is 9.80. The van der Waals surface area contributed by atoms with Crippen molar-refractivity contribution in [3.05, 3.63) is 57.6 Å². The molecule has 2 rings (SSSR count). The molecule has 0 saturated carbocycles. The minimum atomic E-state index is -0.970. The molecule has 1 atom stereocenters. The van der Waals surface area contributed by atoms with Gasteiger partial charge < -0.3 is 15.5 Å². The predicted octanol–water partition coefficient (Wildman–Crippen LogP) is 4.01. The molecule has 0 saturated heterocycles. The number of hydrogen-bond donors (Lipinski definition) is 3. The minimum absolute atomic E-state index is 0.200. The van der Waals surface area contributed by atoms with Gasteiger partial charge in [-0.2, -0.15) is 0 Å². The van der Waals surface area contributed by atoms with Crippen LogP contribution in [-0.4, -0.2) is 16.2 Å². The normalized spacial score (nSPS) is 12.0. The Morgan fingerprint density at radius 1 is 1.14 bits per heavy atom. The van der Waals surface area contributed by atoms with Crippen molar-refractivity contribution < 1.29 is 15.0 Å². The molecule has 0 aliphatic rings. The highest BCUT2D eigenvalue weighted by Crippen LogP contribution is 2.28. The Hall–Kier alpha value is -2.01. The van der Waals surface area contributed by atoms with Crippen LogP contribution >= 0.6 is 15.9 Å². The third kappa shape index (κ3) is 3.55. The first-order valence-corrected chi connectivity index (χ1v) is 7.23. The maximum atomic E-state index is 11.5. The molecule has 2 aromatic rings. The van der Waals surface area contributed by atoms with Gasteiger partial charge in [-0.3, -0.25) is 0 Å². The minimum Gasteiger partial charge on any atom is -0.507 e. The Bertz CT molecular complexity index is 645. The number of carboxylic acid groups (broad SMARTS) is 1. The topological polar surface area (TPSA) is 69.6 Å². The number of aryl methyl sites for hydroxylation is 2. The first-order chi connectivity index (χ1) is 9.88. The van der Waals surface area contributed by atoms with Crippen molar-refractivity contribution in [3.63, 3.8) is 0 Å². The van der Waals surface area contributed by atoms with Crippen molar-refractivity contribution in [3.8, 4) is 5.75 Å². The van der Waals surface area contributed by atoms with Gasteiger partial charge in [-0.1, -0.05) is 15.9 Å². The molecule has 0 amide bonds. The van der Waals surface area contributed by atoms with Crippen LogP contribution in [0.25, 0.3) is 0 Å². The molecular weight excluding hydrogens is 334 g/mol. The zero-order chi connectivity index (χ0) is 15.6. The summed E-state index contributed by atoms with van der Waals surface area (Å²) in [5.74, 6) is -0.770. The molecule has 0 aromatic heterocycles. The molecular formula is C16H16BrNO3. The van der Waals surface area contributed by atoms with E-state index >= 15 is 0 Å². The second-order valence-electron chi connectivity index (χ2n) is 4.93. The lowest BCUT2D eigenvalue weighted by Gasteiger charge is -2.18. The van der Waals surface area contributed by atoms with Gasteiger partial charge in [0.25, 0.3) is 0 Å². The third-order valence-electron chi connectivity index (χ3n) is 3.25. The lowest BCUT2D eigenvalue weighted by Crippen LogP contribution is -2.20. The fourth-order valence-electron chi connectivity index (χ4n) is 2.16. The zero-order valence-corrected chi connectivity index (χ0v) is 13.3. The Morgan fingerprint density at radius 2 is 1.67 bits per heavy atom. The fraction of sp³-hybridized carbons (Fsp3) is 0.188. The van der Waals surface area contributed by atoms with Crippen LogP contribution in [0.15, 0.2) is 40.9 Å². The number of phenols is 1. The van der Waals surface area contributed by atoms with Gasteiger partial charge in [0.05, 0.1) is 0 Å². The van der Waals surface area contributed by atoms with E-state index in [2.05, 4.69) is 21.2 Å². The summed E-state index contributed by atoms with van der Waals surface area (Å²) in [5, 5.41) is 22.3. The molecule has 0 aliphatic carbocycles. The van der Waals surface area contributed by atoms with Crippen LogP contribution < -0.4 is 5.32 Å². The number of phenolic OH excluding ortho intramolecular Hbond substituents is 1. The van der Waals surface area contributed by atoms with Crippen molar-refractivity contribution in [1.29, 1.82) is 0 Å². The summed E-state index contributed by atoms with van der Waals surface area (Å²) >= 11 is 3.34. The van der Waals surface area contributed by atoms with Gasteiger partial charge in [-0.25, -0.2) is 4.79 Å². The van der Waals surface area contributed by atoms with E-state index in [1.54, 1.807) is 38.1 Å². The van der Waals surface area contributed by atoms with Gasteiger partial charge in [0, 0.05) is 10.2 Å². The number of nitrogens with one attached hydrogen (secondary N) is 1. The third-order valence-corrected chi connectivity index (χ3v) is 3.78. The maximum absolute atomic E-state index is 11.5. The molecule has 21 heavy (non-hydrogen) atoms. The van der Waals surface area contributed by atoms with Crippen molar-refractivity contribution in [2.45, 2.75) is 19.9 Å². The molecule has 3 N–H and O–H groups in total. The van der Waals surface area contributed by atoms with E-state index in [1.165, 1.54) is 0 Å². The van der Waals surface area contributed by atoms with Crippen LogP contribution in [0.4, 0.5) is 5.69 Å². The van der Waals surface area contributed by atoms with Crippen LogP contribution in [-0.2, 0) is 4.79 Å². The number of hydrogen-bond acceptors (Lipinski definition) is 3. The average Bonchev–Trinajstić information content (AvgIpc) is 2.43. The highest BCUT2D eigenvalue weighted by molar-refractivity contribution is 9.10. The molecule has 0 bridgehead atoms. The van der Waals surface area contributed by atoms with Gasteiger partial charge in [-0.15, -0.1) is 0 Å². The van der Waals surface area contributed by atoms with E-state index in [0.29, 0.717) is 22.4 Å². The van der Waals surface area contributed by atoms with Gasteiger partial charge in [-0.05, 0) is 66.9 Å². The second kappa shape index (κ2) is 6.18. The standard InChI is InChI=1S/C16H16BrNO3/c1-9-7-11(8-10(2)15(9)19)14(16(20)21)18-13-5-3-12(17)4-6-13/h3-8,14,18-19H,1-2H3,(H,20,21). The van der Waals surface area contributed by atoms with Crippen LogP contribution in [0, 0.1) is 13.8 Å². The Kier molecular flexibility index (Phi) is 4.53. The predicted molar refractivity (Wildman–Crippen MR) is 85.7 cm³/mol. The van der Waals surface area contributed by atoms with E-state index in [4.69, 9.17) is 0 Å². The largest absolute Gasteiger partial charge is 0.507 e. The number of benzene rings is 2. The maximum Gasteiger partial charge on any atom is 0.330 e. The Morgan fingerprint density at radius 3 is 2.14 bits per heavy atom. The van der Waals surface area contributed by atoms with Gasteiger partial charge >= 0.3 is 5.97 Å². The summed E-state index contributed by atoms with van der Waals surface area (Å²) in [5.41, 5.74) is 2.65. The number of carbonyl (C=O) groups is 1. The average molecular weight is 350 g/mol. The van der Waals surface area contributed by atoms with Crippen molar-refractivity contribution in [2.24, 2.45) is 0 Å². The summed E-state index contributed by atoms with van der Waals surface area (Å²) < 4.78 is 0.927. The molecule has 0 fully saturated rings. The van der Waals surface area contributed by atoms with E-state index < -0.39 is 12.0 Å². The fourth-order valence-corrected chi connectivity index (χ4v) is 2.42. The number of halogens is 1. The Labute approximate surface area is 131 Å². The molecule has 0 radical (unpaired) electrons. The molecule has 2 aromatic carbocycles. The number of anilines is 1. The Balaban J connectivity index is 2.35. The van der Waals surface area contributed by atoms with E-state index in [1.807, 2.05) is 12.1 Å². The van der Waals surface area contributed by atoms with Gasteiger partial charge in [0.2, 0.25) is 0 Å². The lowest BCUT2D eigenvalue weighted by atomic mass is 10.00. The molecule has 0 spiro atoms. The monoisotopic (exact) mass is 349 g/mol. The van der Waals surface area contributed by atoms with Crippen molar-refractivity contribution >= 4 is 27.6 Å². The molecule has 110 valence electrons. The molecule has 0 aliphatic heterocycles. The lowest BCUT2D eigenvalue weighted by molar-refractivity contribution is -0.138. The van der Waals surface area contributed by atoms with Crippen LogP contribution in [0.5, 0.6) is 5.75 Å². The number of rotatable bonds is 4. The SMILES string of the molecule is Cc1cc(C(Nc2ccc(Br)cc2)C(=O)O)cc(C)c1O. The molecule has 1 unspecified atom stereocenters. The van der Waals surface area contributed by atoms with E-state index in [0.717, 1.165) is 4.47 Å². The molecule has 4 nitrogen and oxygen atoms in total. The highest BCUT2D eigenvalue weighted by atomic mass is 79.9. The highest BCUT2D eigenvalue weighted by Gasteiger charge is 2.21. The van der Waals surface area contributed by atoms with Crippen LogP contribution in [0.3, 0.4) is 0 Å².